The summed E-state index contributed by atoms with van der Waals surface area (Å²) >= 11 is 0. The maximum atomic E-state index is 6.03. The number of unbranched alkanes of at least 4 members (excludes halogenated alkanes) is 1. The number of rotatable bonds is 8. The molecule has 2 aromatic carbocycles. The summed E-state index contributed by atoms with van der Waals surface area (Å²) in [7, 11) is -1.35. The van der Waals surface area contributed by atoms with Crippen molar-refractivity contribution in [2.24, 2.45) is 5.92 Å². The third-order valence-corrected chi connectivity index (χ3v) is 5.54. The molecule has 1 nitrogen and oxygen atoms in total. The van der Waals surface area contributed by atoms with Crippen LogP contribution in [0.25, 0.3) is 11.1 Å². The van der Waals surface area contributed by atoms with Gasteiger partial charge in [0.2, 0.25) is 0 Å². The molecule has 0 aromatic heterocycles. The second-order valence-electron chi connectivity index (χ2n) is 8.33. The molecule has 0 saturated carbocycles. The van der Waals surface area contributed by atoms with E-state index >= 15 is 0 Å². The average molecular weight is 379 g/mol. The van der Waals surface area contributed by atoms with Gasteiger partial charge in [0.1, 0.15) is 13.8 Å². The fraction of sp³-hybridized carbons (Fsp3) is 0.440. The summed E-state index contributed by atoms with van der Waals surface area (Å²) in [6.07, 6.45) is 4.99. The highest BCUT2D eigenvalue weighted by Gasteiger charge is 2.08. The van der Waals surface area contributed by atoms with E-state index in [1.807, 2.05) is 0 Å². The predicted molar refractivity (Wildman–Crippen MR) is 121 cm³/mol. The molecule has 0 amide bonds. The van der Waals surface area contributed by atoms with Gasteiger partial charge in [-0.2, -0.15) is 0 Å². The van der Waals surface area contributed by atoms with Gasteiger partial charge in [0.05, 0.1) is 6.61 Å². The van der Waals surface area contributed by atoms with Crippen LogP contribution in [-0.2, 0) is 0 Å². The first kappa shape index (κ1) is 21.3. The zero-order valence-corrected chi connectivity index (χ0v) is 18.6. The molecule has 1 atom stereocenters. The van der Waals surface area contributed by atoms with E-state index in [1.165, 1.54) is 36.8 Å². The lowest BCUT2D eigenvalue weighted by molar-refractivity contribution is 0.233. The summed E-state index contributed by atoms with van der Waals surface area (Å²) < 4.78 is 6.03. The molecule has 0 radical (unpaired) electrons. The van der Waals surface area contributed by atoms with Crippen molar-refractivity contribution < 1.29 is 4.74 Å². The van der Waals surface area contributed by atoms with E-state index in [2.05, 4.69) is 93.5 Å². The summed E-state index contributed by atoms with van der Waals surface area (Å²) in [5, 5.41) is 0. The summed E-state index contributed by atoms with van der Waals surface area (Å²) in [4.78, 5) is 0. The summed E-state index contributed by atoms with van der Waals surface area (Å²) in [6.45, 7) is 12.1. The minimum atomic E-state index is -1.35. The molecule has 1 unspecified atom stereocenters. The van der Waals surface area contributed by atoms with Gasteiger partial charge in [0, 0.05) is 5.56 Å². The van der Waals surface area contributed by atoms with Crippen LogP contribution in [0.3, 0.4) is 0 Å². The third-order valence-electron chi connectivity index (χ3n) is 4.66. The minimum absolute atomic E-state index is 0.659. The second-order valence-corrected chi connectivity index (χ2v) is 13.1. The van der Waals surface area contributed by atoms with Crippen LogP contribution in [0.4, 0.5) is 0 Å². The minimum Gasteiger partial charge on any atom is -0.493 e. The molecule has 27 heavy (non-hydrogen) atoms. The van der Waals surface area contributed by atoms with Crippen molar-refractivity contribution in [3.8, 4) is 28.3 Å². The van der Waals surface area contributed by atoms with E-state index in [-0.39, 0.29) is 0 Å². The zero-order valence-electron chi connectivity index (χ0n) is 17.6. The number of ether oxygens (including phenoxy) is 1. The van der Waals surface area contributed by atoms with Crippen LogP contribution in [-0.4, -0.2) is 14.7 Å². The van der Waals surface area contributed by atoms with E-state index in [4.69, 9.17) is 4.74 Å². The van der Waals surface area contributed by atoms with Gasteiger partial charge in [-0.1, -0.05) is 82.9 Å². The summed E-state index contributed by atoms with van der Waals surface area (Å²) in [5.41, 5.74) is 6.95. The quantitative estimate of drug-likeness (QED) is 0.349. The normalized spacial score (nSPS) is 12.2. The fourth-order valence-electron chi connectivity index (χ4n) is 2.89. The zero-order chi connectivity index (χ0) is 19.7. The molecule has 0 aliphatic carbocycles. The molecule has 0 aliphatic heterocycles. The maximum absolute atomic E-state index is 6.03. The van der Waals surface area contributed by atoms with Gasteiger partial charge in [-0.25, -0.2) is 0 Å². The van der Waals surface area contributed by atoms with Gasteiger partial charge in [-0.3, -0.25) is 0 Å². The average Bonchev–Trinajstić information content (AvgIpc) is 2.67. The molecule has 2 rings (SSSR count). The first-order chi connectivity index (χ1) is 12.9. The molecule has 0 fully saturated rings. The van der Waals surface area contributed by atoms with E-state index in [0.717, 1.165) is 17.9 Å². The second kappa shape index (κ2) is 10.4. The van der Waals surface area contributed by atoms with E-state index < -0.39 is 8.07 Å². The molecular weight excluding hydrogens is 344 g/mol. The molecule has 0 spiro atoms. The van der Waals surface area contributed by atoms with Crippen molar-refractivity contribution in [3.63, 3.8) is 0 Å². The van der Waals surface area contributed by atoms with E-state index in [1.54, 1.807) is 0 Å². The first-order valence-corrected chi connectivity index (χ1v) is 13.8. The van der Waals surface area contributed by atoms with E-state index in [0.29, 0.717) is 5.92 Å². The van der Waals surface area contributed by atoms with Crippen molar-refractivity contribution >= 4 is 8.07 Å². The number of hydrogen-bond acceptors (Lipinski definition) is 1. The molecule has 144 valence electrons. The highest BCUT2D eigenvalue weighted by Crippen LogP contribution is 2.24. The third kappa shape index (κ3) is 7.65. The van der Waals surface area contributed by atoms with Crippen molar-refractivity contribution in [1.82, 2.24) is 0 Å². The number of benzene rings is 2. The molecule has 0 N–H and O–H groups in total. The fourth-order valence-corrected chi connectivity index (χ4v) is 3.41. The van der Waals surface area contributed by atoms with Gasteiger partial charge in [-0.15, -0.1) is 5.54 Å². The largest absolute Gasteiger partial charge is 0.493 e. The highest BCUT2D eigenvalue weighted by molar-refractivity contribution is 6.83. The van der Waals surface area contributed by atoms with Gasteiger partial charge < -0.3 is 4.74 Å². The Hall–Kier alpha value is -1.98. The van der Waals surface area contributed by atoms with Gasteiger partial charge in [0.25, 0.3) is 0 Å². The van der Waals surface area contributed by atoms with Crippen LogP contribution in [0.2, 0.25) is 19.6 Å². The first-order valence-electron chi connectivity index (χ1n) is 10.3. The Kier molecular flexibility index (Phi) is 8.19. The molecule has 0 saturated heterocycles. The Balaban J connectivity index is 2.03. The summed E-state index contributed by atoms with van der Waals surface area (Å²) in [5.74, 6) is 4.97. The van der Waals surface area contributed by atoms with Crippen LogP contribution >= 0.6 is 0 Å². The van der Waals surface area contributed by atoms with Crippen LogP contribution in [0, 0.1) is 17.4 Å². The van der Waals surface area contributed by atoms with Gasteiger partial charge in [-0.05, 0) is 47.7 Å². The highest BCUT2D eigenvalue weighted by atomic mass is 28.3. The standard InChI is InChI=1S/C25H34OSi/c1-6-8-10-21(7-2)20-26-25-15-13-23(14-16-25)24-12-9-11-22(19-24)17-18-27(3,4)5/h9,11-16,19,21H,6-8,10,20H2,1-5H3. The Morgan fingerprint density at radius 2 is 1.70 bits per heavy atom. The predicted octanol–water partition coefficient (Wildman–Crippen LogP) is 7.18. The van der Waals surface area contributed by atoms with E-state index in [9.17, 15) is 0 Å². The topological polar surface area (TPSA) is 9.23 Å². The van der Waals surface area contributed by atoms with Crippen molar-refractivity contribution in [3.05, 3.63) is 54.1 Å². The van der Waals surface area contributed by atoms with Gasteiger partial charge in [0.15, 0.2) is 0 Å². The van der Waals surface area contributed by atoms with Gasteiger partial charge >= 0.3 is 0 Å². The van der Waals surface area contributed by atoms with Crippen LogP contribution in [0.1, 0.15) is 45.1 Å². The van der Waals surface area contributed by atoms with Crippen molar-refractivity contribution in [2.45, 2.75) is 59.2 Å². The summed E-state index contributed by atoms with van der Waals surface area (Å²) in [6, 6.07) is 17.0. The lowest BCUT2D eigenvalue weighted by Crippen LogP contribution is -2.16. The lowest BCUT2D eigenvalue weighted by atomic mass is 10.0. The SMILES string of the molecule is CCCCC(CC)COc1ccc(-c2cccc(C#C[Si](C)(C)C)c2)cc1. The maximum Gasteiger partial charge on any atom is 0.129 e. The smallest absolute Gasteiger partial charge is 0.129 e. The molecule has 2 heteroatoms. The molecular formula is C25H34OSi. The van der Waals surface area contributed by atoms with Crippen LogP contribution in [0.15, 0.2) is 48.5 Å². The molecule has 0 heterocycles. The Morgan fingerprint density at radius 3 is 2.33 bits per heavy atom. The lowest BCUT2D eigenvalue weighted by Gasteiger charge is -2.15. The Morgan fingerprint density at radius 1 is 0.963 bits per heavy atom. The number of hydrogen-bond donors (Lipinski definition) is 0. The van der Waals surface area contributed by atoms with Crippen molar-refractivity contribution in [1.29, 1.82) is 0 Å². The molecule has 0 aliphatic rings. The molecule has 0 bridgehead atoms. The van der Waals surface area contributed by atoms with Crippen LogP contribution in [0.5, 0.6) is 5.75 Å². The van der Waals surface area contributed by atoms with Crippen molar-refractivity contribution in [2.75, 3.05) is 6.61 Å². The van der Waals surface area contributed by atoms with Crippen LogP contribution < -0.4 is 4.74 Å². The Bertz CT molecular complexity index is 759. The Labute approximate surface area is 167 Å². The monoisotopic (exact) mass is 378 g/mol. The molecule has 2 aromatic rings.